The Hall–Kier alpha value is -3.02. The minimum atomic E-state index is -0.426. The number of nitrogens with zero attached hydrogens (tertiary/aromatic N) is 1. The van der Waals surface area contributed by atoms with Crippen LogP contribution in [0.3, 0.4) is 0 Å². The van der Waals surface area contributed by atoms with Crippen LogP contribution in [0.5, 0.6) is 11.5 Å². The Morgan fingerprint density at radius 3 is 2.53 bits per heavy atom. The molecule has 0 saturated carbocycles. The Morgan fingerprint density at radius 2 is 1.85 bits per heavy atom. The molecule has 0 aliphatic rings. The lowest BCUT2D eigenvalue weighted by molar-refractivity contribution is -0.117. The monoisotopic (exact) mass is 586 g/mol. The third kappa shape index (κ3) is 7.51. The van der Waals surface area contributed by atoms with Gasteiger partial charge in [-0.25, -0.2) is 0 Å². The second-order valence-electron chi connectivity index (χ2n) is 7.46. The molecular weight excluding hydrogens is 563 g/mol. The number of ether oxygens (including phenoxy) is 2. The predicted octanol–water partition coefficient (Wildman–Crippen LogP) is 6.19. The Labute approximate surface area is 218 Å². The fraction of sp³-hybridized carbons (Fsp3) is 0.185. The third-order valence-corrected chi connectivity index (χ3v) is 5.99. The van der Waals surface area contributed by atoms with Gasteiger partial charge < -0.3 is 14.8 Å². The number of halogens is 2. The fourth-order valence-electron chi connectivity index (χ4n) is 3.25. The van der Waals surface area contributed by atoms with Crippen molar-refractivity contribution in [3.05, 3.63) is 97.6 Å². The smallest absolute Gasteiger partial charge is 0.261 e. The van der Waals surface area contributed by atoms with Crippen LogP contribution in [0.1, 0.15) is 23.1 Å². The molecule has 0 aliphatic carbocycles. The molecule has 0 atom stereocenters. The quantitative estimate of drug-likeness (QED) is 0.133. The maximum absolute atomic E-state index is 12.5. The minimum absolute atomic E-state index is 0.00890. The molecule has 1 amide bonds. The van der Waals surface area contributed by atoms with Crippen LogP contribution in [0.4, 0.5) is 0 Å². The molecule has 0 aliphatic heterocycles. The van der Waals surface area contributed by atoms with E-state index in [1.54, 1.807) is 12.1 Å². The standard InChI is InChI=1S/C27H24ClIN2O3/c1-33-25-16-21(15-24(28)26(25)34-18-20-9-11-23(29)12-10-20)14-22(17-30)27(32)31-13-5-8-19-6-3-2-4-7-19/h2-4,6-7,9-12,14-16H,5,8,13,18H2,1H3,(H,31,32)/b22-14-. The molecule has 3 rings (SSSR count). The Kier molecular flexibility index (Phi) is 9.80. The Bertz CT molecular complexity index is 1190. The van der Waals surface area contributed by atoms with Crippen LogP contribution >= 0.6 is 34.2 Å². The highest BCUT2D eigenvalue weighted by Crippen LogP contribution is 2.37. The molecule has 0 saturated heterocycles. The second-order valence-corrected chi connectivity index (χ2v) is 9.12. The van der Waals surface area contributed by atoms with Gasteiger partial charge in [0.2, 0.25) is 0 Å². The molecule has 5 nitrogen and oxygen atoms in total. The van der Waals surface area contributed by atoms with Gasteiger partial charge >= 0.3 is 0 Å². The molecule has 1 N–H and O–H groups in total. The first-order valence-corrected chi connectivity index (χ1v) is 12.1. The van der Waals surface area contributed by atoms with Crippen molar-refractivity contribution in [2.75, 3.05) is 13.7 Å². The number of nitrogens with one attached hydrogen (secondary N) is 1. The first-order chi connectivity index (χ1) is 16.5. The number of carbonyl (C=O) groups is 1. The molecule has 0 fully saturated rings. The van der Waals surface area contributed by atoms with E-state index in [1.165, 1.54) is 18.7 Å². The second kappa shape index (κ2) is 13.0. The van der Waals surface area contributed by atoms with Gasteiger partial charge in [0.15, 0.2) is 11.5 Å². The molecule has 0 spiro atoms. The van der Waals surface area contributed by atoms with E-state index >= 15 is 0 Å². The molecule has 174 valence electrons. The summed E-state index contributed by atoms with van der Waals surface area (Å²) in [5.74, 6) is 0.401. The number of hydrogen-bond acceptors (Lipinski definition) is 4. The molecule has 0 radical (unpaired) electrons. The van der Waals surface area contributed by atoms with E-state index in [0.29, 0.717) is 35.2 Å². The lowest BCUT2D eigenvalue weighted by Gasteiger charge is -2.14. The number of rotatable bonds is 10. The van der Waals surface area contributed by atoms with Gasteiger partial charge in [-0.2, -0.15) is 5.26 Å². The largest absolute Gasteiger partial charge is 0.493 e. The number of hydrogen-bond donors (Lipinski definition) is 1. The van der Waals surface area contributed by atoms with Crippen molar-refractivity contribution >= 4 is 46.2 Å². The predicted molar refractivity (Wildman–Crippen MR) is 143 cm³/mol. The zero-order valence-electron chi connectivity index (χ0n) is 18.7. The van der Waals surface area contributed by atoms with E-state index < -0.39 is 5.91 Å². The molecule has 0 aromatic heterocycles. The Morgan fingerprint density at radius 1 is 1.12 bits per heavy atom. The summed E-state index contributed by atoms with van der Waals surface area (Å²) in [6, 6.07) is 23.3. The van der Waals surface area contributed by atoms with Crippen molar-refractivity contribution < 1.29 is 14.3 Å². The summed E-state index contributed by atoms with van der Waals surface area (Å²) in [5.41, 5.74) is 2.77. The maximum atomic E-state index is 12.5. The van der Waals surface area contributed by atoms with E-state index in [4.69, 9.17) is 21.1 Å². The van der Waals surface area contributed by atoms with Gasteiger partial charge in [0, 0.05) is 10.1 Å². The summed E-state index contributed by atoms with van der Waals surface area (Å²) in [6.07, 6.45) is 3.12. The van der Waals surface area contributed by atoms with Gasteiger partial charge in [-0.3, -0.25) is 4.79 Å². The number of nitriles is 1. The van der Waals surface area contributed by atoms with Crippen LogP contribution in [0.25, 0.3) is 6.08 Å². The topological polar surface area (TPSA) is 71.3 Å². The van der Waals surface area contributed by atoms with Crippen LogP contribution in [0.2, 0.25) is 5.02 Å². The summed E-state index contributed by atoms with van der Waals surface area (Å²) in [5, 5.41) is 12.6. The van der Waals surface area contributed by atoms with E-state index in [9.17, 15) is 10.1 Å². The van der Waals surface area contributed by atoms with Gasteiger partial charge in [-0.15, -0.1) is 0 Å². The van der Waals surface area contributed by atoms with Crippen molar-refractivity contribution in [3.8, 4) is 17.6 Å². The minimum Gasteiger partial charge on any atom is -0.493 e. The van der Waals surface area contributed by atoms with E-state index in [2.05, 4.69) is 27.9 Å². The SMILES string of the molecule is COc1cc(/C=C(/C#N)C(=O)NCCCc2ccccc2)cc(Cl)c1OCc1ccc(I)cc1. The number of amides is 1. The third-order valence-electron chi connectivity index (χ3n) is 4.99. The van der Waals surface area contributed by atoms with E-state index in [-0.39, 0.29) is 5.57 Å². The maximum Gasteiger partial charge on any atom is 0.261 e. The van der Waals surface area contributed by atoms with Crippen molar-refractivity contribution in [1.82, 2.24) is 5.32 Å². The number of methoxy groups -OCH3 is 1. The van der Waals surface area contributed by atoms with Gasteiger partial charge in [-0.1, -0.05) is 54.1 Å². The van der Waals surface area contributed by atoms with Crippen molar-refractivity contribution in [1.29, 1.82) is 5.26 Å². The van der Waals surface area contributed by atoms with Gasteiger partial charge in [0.25, 0.3) is 5.91 Å². The number of aryl methyl sites for hydroxylation is 1. The first kappa shape index (κ1) is 25.6. The summed E-state index contributed by atoms with van der Waals surface area (Å²) in [7, 11) is 1.52. The number of carbonyl (C=O) groups excluding carboxylic acids is 1. The van der Waals surface area contributed by atoms with Crippen LogP contribution in [-0.2, 0) is 17.8 Å². The highest BCUT2D eigenvalue weighted by Gasteiger charge is 2.14. The zero-order chi connectivity index (χ0) is 24.3. The first-order valence-electron chi connectivity index (χ1n) is 10.7. The normalized spacial score (nSPS) is 10.9. The van der Waals surface area contributed by atoms with Gasteiger partial charge in [-0.05, 0) is 82.5 Å². The number of benzene rings is 3. The van der Waals surface area contributed by atoms with Gasteiger partial charge in [0.1, 0.15) is 18.2 Å². The fourth-order valence-corrected chi connectivity index (χ4v) is 3.88. The molecule has 0 bridgehead atoms. The van der Waals surface area contributed by atoms with Crippen LogP contribution < -0.4 is 14.8 Å². The molecule has 34 heavy (non-hydrogen) atoms. The van der Waals surface area contributed by atoms with E-state index in [1.807, 2.05) is 60.7 Å². The lowest BCUT2D eigenvalue weighted by atomic mass is 10.1. The Balaban J connectivity index is 1.65. The average molecular weight is 587 g/mol. The molecule has 0 unspecified atom stereocenters. The van der Waals surface area contributed by atoms with Crippen LogP contribution in [0, 0.1) is 14.9 Å². The van der Waals surface area contributed by atoms with E-state index in [0.717, 1.165) is 22.0 Å². The van der Waals surface area contributed by atoms with Crippen LogP contribution in [0.15, 0.2) is 72.3 Å². The van der Waals surface area contributed by atoms with Gasteiger partial charge in [0.05, 0.1) is 12.1 Å². The van der Waals surface area contributed by atoms with Crippen molar-refractivity contribution in [2.45, 2.75) is 19.4 Å². The molecule has 0 heterocycles. The molecular formula is C27H24ClIN2O3. The van der Waals surface area contributed by atoms with Crippen LogP contribution in [-0.4, -0.2) is 19.6 Å². The summed E-state index contributed by atoms with van der Waals surface area (Å²) >= 11 is 8.70. The van der Waals surface area contributed by atoms with Crippen molar-refractivity contribution in [2.24, 2.45) is 0 Å². The van der Waals surface area contributed by atoms with Crippen molar-refractivity contribution in [3.63, 3.8) is 0 Å². The molecule has 7 heteroatoms. The molecule has 3 aromatic carbocycles. The summed E-state index contributed by atoms with van der Waals surface area (Å²) < 4.78 is 12.5. The lowest BCUT2D eigenvalue weighted by Crippen LogP contribution is -2.25. The average Bonchev–Trinajstić information content (AvgIpc) is 2.85. The highest BCUT2D eigenvalue weighted by atomic mass is 127. The summed E-state index contributed by atoms with van der Waals surface area (Å²) in [6.45, 7) is 0.805. The zero-order valence-corrected chi connectivity index (χ0v) is 21.6. The summed E-state index contributed by atoms with van der Waals surface area (Å²) in [4.78, 5) is 12.5. The highest BCUT2D eigenvalue weighted by molar-refractivity contribution is 14.1. The molecule has 3 aromatic rings.